The number of rotatable bonds is 5. The summed E-state index contributed by atoms with van der Waals surface area (Å²) < 4.78 is 0. The molecule has 1 aromatic rings. The van der Waals surface area contributed by atoms with E-state index in [2.05, 4.69) is 15.3 Å². The van der Waals surface area contributed by atoms with Crippen LogP contribution in [0.1, 0.15) is 26.1 Å². The molecule has 21 heavy (non-hydrogen) atoms. The van der Waals surface area contributed by atoms with Crippen molar-refractivity contribution in [2.24, 2.45) is 0 Å². The van der Waals surface area contributed by atoms with E-state index in [-0.39, 0.29) is 18.4 Å². The Labute approximate surface area is 122 Å². The summed E-state index contributed by atoms with van der Waals surface area (Å²) in [5.41, 5.74) is -0.920. The number of imide groups is 1. The number of carbonyl (C=O) groups excluding carboxylic acids is 3. The summed E-state index contributed by atoms with van der Waals surface area (Å²) >= 11 is 0. The van der Waals surface area contributed by atoms with Crippen molar-refractivity contribution in [3.05, 3.63) is 18.2 Å². The minimum atomic E-state index is -0.920. The van der Waals surface area contributed by atoms with Crippen molar-refractivity contribution in [3.63, 3.8) is 0 Å². The van der Waals surface area contributed by atoms with Gasteiger partial charge in [0, 0.05) is 19.4 Å². The van der Waals surface area contributed by atoms with E-state index in [0.717, 1.165) is 4.90 Å². The summed E-state index contributed by atoms with van der Waals surface area (Å²) in [5, 5.41) is 2.62. The summed E-state index contributed by atoms with van der Waals surface area (Å²) in [6.07, 6.45) is 3.74. The average Bonchev–Trinajstić information content (AvgIpc) is 3.02. The van der Waals surface area contributed by atoms with E-state index in [0.29, 0.717) is 18.8 Å². The summed E-state index contributed by atoms with van der Waals surface area (Å²) in [6, 6.07) is -0.524. The Kier molecular flexibility index (Phi) is 3.97. The Hall–Kier alpha value is -2.38. The fraction of sp³-hybridized carbons (Fsp3) is 0.538. The van der Waals surface area contributed by atoms with Gasteiger partial charge in [-0.2, -0.15) is 0 Å². The van der Waals surface area contributed by atoms with Crippen LogP contribution in [0, 0.1) is 0 Å². The van der Waals surface area contributed by atoms with Crippen molar-refractivity contribution in [2.75, 3.05) is 13.6 Å². The van der Waals surface area contributed by atoms with E-state index in [1.54, 1.807) is 26.4 Å². The highest BCUT2D eigenvalue weighted by Crippen LogP contribution is 2.20. The highest BCUT2D eigenvalue weighted by atomic mass is 16.2. The van der Waals surface area contributed by atoms with Gasteiger partial charge in [0.1, 0.15) is 17.9 Å². The molecule has 2 rings (SSSR count). The van der Waals surface area contributed by atoms with E-state index in [1.807, 2.05) is 6.92 Å². The number of hydrogen-bond donors (Lipinski definition) is 2. The van der Waals surface area contributed by atoms with Gasteiger partial charge in [-0.15, -0.1) is 0 Å². The molecule has 1 fully saturated rings. The van der Waals surface area contributed by atoms with E-state index in [1.165, 1.54) is 4.90 Å². The van der Waals surface area contributed by atoms with Crippen LogP contribution in [0.3, 0.4) is 0 Å². The molecule has 4 amide bonds. The van der Waals surface area contributed by atoms with Gasteiger partial charge in [-0.25, -0.2) is 9.78 Å². The van der Waals surface area contributed by atoms with Crippen LogP contribution in [-0.4, -0.2) is 56.7 Å². The van der Waals surface area contributed by atoms with E-state index in [4.69, 9.17) is 0 Å². The molecule has 1 saturated heterocycles. The third-order valence-electron chi connectivity index (χ3n) is 3.71. The third-order valence-corrected chi connectivity index (χ3v) is 3.71. The Morgan fingerprint density at radius 3 is 2.71 bits per heavy atom. The Bertz CT molecular complexity index is 556. The molecule has 1 unspecified atom stereocenters. The van der Waals surface area contributed by atoms with Crippen molar-refractivity contribution < 1.29 is 14.4 Å². The highest BCUT2D eigenvalue weighted by molar-refractivity contribution is 6.08. The monoisotopic (exact) mass is 293 g/mol. The zero-order valence-electron chi connectivity index (χ0n) is 12.3. The zero-order chi connectivity index (χ0) is 15.6. The van der Waals surface area contributed by atoms with Crippen LogP contribution in [0.25, 0.3) is 0 Å². The van der Waals surface area contributed by atoms with Crippen LogP contribution in [-0.2, 0) is 16.1 Å². The average molecular weight is 293 g/mol. The number of imidazole rings is 1. The molecule has 0 aromatic carbocycles. The summed E-state index contributed by atoms with van der Waals surface area (Å²) in [5.74, 6) is -0.0496. The predicted octanol–water partition coefficient (Wildman–Crippen LogP) is 0.0886. The first kappa shape index (κ1) is 15.0. The Morgan fingerprint density at radius 2 is 2.19 bits per heavy atom. The van der Waals surface area contributed by atoms with Gasteiger partial charge in [0.25, 0.3) is 5.91 Å². The molecule has 1 aliphatic rings. The van der Waals surface area contributed by atoms with Gasteiger partial charge < -0.3 is 15.2 Å². The number of nitrogens with one attached hydrogen (secondary N) is 2. The Morgan fingerprint density at radius 1 is 1.48 bits per heavy atom. The number of nitrogens with zero attached hydrogens (tertiary/aromatic N) is 3. The second kappa shape index (κ2) is 5.55. The molecular formula is C13H19N5O3. The molecule has 0 radical (unpaired) electrons. The zero-order valence-corrected chi connectivity index (χ0v) is 12.3. The topological polar surface area (TPSA) is 98.4 Å². The second-order valence-corrected chi connectivity index (χ2v) is 5.29. The maximum Gasteiger partial charge on any atom is 0.325 e. The van der Waals surface area contributed by atoms with Crippen LogP contribution in [0.15, 0.2) is 12.4 Å². The molecule has 0 spiro atoms. The number of urea groups is 1. The minimum absolute atomic E-state index is 0.266. The summed E-state index contributed by atoms with van der Waals surface area (Å²) in [4.78, 5) is 45.5. The van der Waals surface area contributed by atoms with Crippen molar-refractivity contribution in [1.29, 1.82) is 0 Å². The fourth-order valence-corrected chi connectivity index (χ4v) is 2.08. The number of amides is 4. The maximum atomic E-state index is 12.2. The van der Waals surface area contributed by atoms with E-state index >= 15 is 0 Å². The molecule has 1 aromatic heterocycles. The number of hydrogen-bond acceptors (Lipinski definition) is 4. The SMILES string of the molecule is CCC1(C)NC(=O)N(CC(=O)N(C)Cc2ncc[nH]2)C1=O. The highest BCUT2D eigenvalue weighted by Gasteiger charge is 2.47. The van der Waals surface area contributed by atoms with Crippen molar-refractivity contribution in [2.45, 2.75) is 32.4 Å². The largest absolute Gasteiger partial charge is 0.347 e. The van der Waals surface area contributed by atoms with Crippen LogP contribution < -0.4 is 5.32 Å². The lowest BCUT2D eigenvalue weighted by Gasteiger charge is -2.21. The summed E-state index contributed by atoms with van der Waals surface area (Å²) in [7, 11) is 1.60. The number of H-pyrrole nitrogens is 1. The Balaban J connectivity index is 1.99. The third kappa shape index (κ3) is 2.88. The van der Waals surface area contributed by atoms with E-state index in [9.17, 15) is 14.4 Å². The predicted molar refractivity (Wildman–Crippen MR) is 74.0 cm³/mol. The molecular weight excluding hydrogens is 274 g/mol. The first-order valence-electron chi connectivity index (χ1n) is 6.73. The smallest absolute Gasteiger partial charge is 0.325 e. The molecule has 2 heterocycles. The van der Waals surface area contributed by atoms with Gasteiger partial charge >= 0.3 is 6.03 Å². The number of aromatic amines is 1. The second-order valence-electron chi connectivity index (χ2n) is 5.29. The standard InChI is InChI=1S/C13H19N5O3/c1-4-13(2)11(20)18(12(21)16-13)8-10(19)17(3)7-9-14-5-6-15-9/h5-6H,4,7-8H2,1-3H3,(H,14,15)(H,16,21). The van der Waals surface area contributed by atoms with Gasteiger partial charge in [0.05, 0.1) is 6.54 Å². The molecule has 1 atom stereocenters. The van der Waals surface area contributed by atoms with Gasteiger partial charge in [0.15, 0.2) is 0 Å². The number of likely N-dealkylation sites (N-methyl/N-ethyl adjacent to an activating group) is 1. The quantitative estimate of drug-likeness (QED) is 0.752. The van der Waals surface area contributed by atoms with Gasteiger partial charge in [0.2, 0.25) is 5.91 Å². The van der Waals surface area contributed by atoms with Crippen LogP contribution in [0.4, 0.5) is 4.79 Å². The van der Waals surface area contributed by atoms with Gasteiger partial charge in [-0.3, -0.25) is 14.5 Å². The first-order valence-corrected chi connectivity index (χ1v) is 6.73. The van der Waals surface area contributed by atoms with Gasteiger partial charge in [-0.05, 0) is 13.3 Å². The summed E-state index contributed by atoms with van der Waals surface area (Å²) in [6.45, 7) is 3.49. The minimum Gasteiger partial charge on any atom is -0.347 e. The van der Waals surface area contributed by atoms with Crippen LogP contribution >= 0.6 is 0 Å². The molecule has 0 bridgehead atoms. The van der Waals surface area contributed by atoms with Gasteiger partial charge in [-0.1, -0.05) is 6.92 Å². The van der Waals surface area contributed by atoms with Crippen LogP contribution in [0.2, 0.25) is 0 Å². The lowest BCUT2D eigenvalue weighted by atomic mass is 9.99. The van der Waals surface area contributed by atoms with Crippen molar-refractivity contribution in [3.8, 4) is 0 Å². The fourth-order valence-electron chi connectivity index (χ4n) is 2.08. The lowest BCUT2D eigenvalue weighted by molar-refractivity contribution is -0.138. The first-order chi connectivity index (χ1) is 9.87. The number of carbonyl (C=O) groups is 3. The molecule has 0 saturated carbocycles. The maximum absolute atomic E-state index is 12.2. The van der Waals surface area contributed by atoms with Crippen molar-refractivity contribution in [1.82, 2.24) is 25.1 Å². The molecule has 2 N–H and O–H groups in total. The van der Waals surface area contributed by atoms with Crippen molar-refractivity contribution >= 4 is 17.8 Å². The molecule has 0 aliphatic carbocycles. The molecule has 114 valence electrons. The molecule has 8 nitrogen and oxygen atoms in total. The molecule has 8 heteroatoms. The van der Waals surface area contributed by atoms with E-state index < -0.39 is 11.6 Å². The molecule has 1 aliphatic heterocycles. The normalized spacial score (nSPS) is 21.6. The lowest BCUT2D eigenvalue weighted by Crippen LogP contribution is -2.44. The van der Waals surface area contributed by atoms with Crippen LogP contribution in [0.5, 0.6) is 0 Å². The number of aromatic nitrogens is 2.